The lowest BCUT2D eigenvalue weighted by molar-refractivity contribution is -0.122. The third-order valence-corrected chi connectivity index (χ3v) is 7.01. The number of methoxy groups -OCH3 is 1. The standard InChI is InChI=1S/C31H25ClN2O5/c1-18-8-6-13-26(19(18)2)34-30(36)24(29(35)33-31(34)37)14-20-15-25(32)28(27(16-20)38-3)39-17-22-11-7-10-21-9-4-5-12-23(21)22/h4-16H,17H2,1-3H3,(H,33,35,37)/b24-14+. The highest BCUT2D eigenvalue weighted by atomic mass is 35.5. The second kappa shape index (κ2) is 10.6. The van der Waals surface area contributed by atoms with Crippen LogP contribution in [-0.2, 0) is 16.2 Å². The molecule has 8 heteroatoms. The number of nitrogens with one attached hydrogen (secondary N) is 1. The van der Waals surface area contributed by atoms with Crippen LogP contribution in [0.2, 0.25) is 5.02 Å². The fraction of sp³-hybridized carbons (Fsp3) is 0.129. The number of aryl methyl sites for hydroxylation is 1. The number of urea groups is 1. The summed E-state index contributed by atoms with van der Waals surface area (Å²) in [7, 11) is 1.48. The van der Waals surface area contributed by atoms with Crippen molar-refractivity contribution >= 4 is 52.0 Å². The van der Waals surface area contributed by atoms with Crippen LogP contribution in [0.1, 0.15) is 22.3 Å². The molecule has 1 heterocycles. The molecule has 0 bridgehead atoms. The number of hydrogen-bond acceptors (Lipinski definition) is 5. The molecule has 1 aliphatic heterocycles. The quantitative estimate of drug-likeness (QED) is 0.227. The Balaban J connectivity index is 1.46. The lowest BCUT2D eigenvalue weighted by Gasteiger charge is -2.28. The number of fused-ring (bicyclic) bond motifs is 1. The molecule has 4 amide bonds. The maximum absolute atomic E-state index is 13.4. The molecule has 4 aromatic carbocycles. The molecule has 0 unspecified atom stereocenters. The molecule has 0 atom stereocenters. The van der Waals surface area contributed by atoms with Crippen molar-refractivity contribution in [3.63, 3.8) is 0 Å². The number of hydrogen-bond donors (Lipinski definition) is 1. The highest BCUT2D eigenvalue weighted by molar-refractivity contribution is 6.39. The molecule has 0 saturated carbocycles. The van der Waals surface area contributed by atoms with Crippen molar-refractivity contribution in [2.24, 2.45) is 0 Å². The van der Waals surface area contributed by atoms with Crippen LogP contribution < -0.4 is 19.7 Å². The Morgan fingerprint density at radius 3 is 2.49 bits per heavy atom. The van der Waals surface area contributed by atoms with Crippen molar-refractivity contribution < 1.29 is 23.9 Å². The number of halogens is 1. The molecular weight excluding hydrogens is 516 g/mol. The van der Waals surface area contributed by atoms with E-state index in [-0.39, 0.29) is 17.2 Å². The molecule has 0 radical (unpaired) electrons. The Hall–Kier alpha value is -4.62. The molecule has 1 saturated heterocycles. The monoisotopic (exact) mass is 540 g/mol. The van der Waals surface area contributed by atoms with Gasteiger partial charge in [-0.2, -0.15) is 0 Å². The Morgan fingerprint density at radius 1 is 0.949 bits per heavy atom. The van der Waals surface area contributed by atoms with E-state index in [9.17, 15) is 14.4 Å². The molecule has 1 aliphatic rings. The van der Waals surface area contributed by atoms with Crippen molar-refractivity contribution in [1.82, 2.24) is 5.32 Å². The van der Waals surface area contributed by atoms with Gasteiger partial charge in [-0.1, -0.05) is 66.2 Å². The van der Waals surface area contributed by atoms with E-state index in [2.05, 4.69) is 5.32 Å². The lowest BCUT2D eigenvalue weighted by Crippen LogP contribution is -2.54. The first-order valence-electron chi connectivity index (χ1n) is 12.2. The minimum Gasteiger partial charge on any atom is -0.493 e. The molecule has 1 N–H and O–H groups in total. The van der Waals surface area contributed by atoms with Gasteiger partial charge in [0.25, 0.3) is 11.8 Å². The first kappa shape index (κ1) is 26.0. The predicted octanol–water partition coefficient (Wildman–Crippen LogP) is 6.36. The van der Waals surface area contributed by atoms with Gasteiger partial charge < -0.3 is 9.47 Å². The fourth-order valence-electron chi connectivity index (χ4n) is 4.55. The fourth-order valence-corrected chi connectivity index (χ4v) is 4.83. The SMILES string of the molecule is COc1cc(/C=C2\C(=O)NC(=O)N(c3cccc(C)c3C)C2=O)cc(Cl)c1OCc1cccc2ccccc12. The summed E-state index contributed by atoms with van der Waals surface area (Å²) in [4.78, 5) is 39.7. The molecule has 4 aromatic rings. The minimum atomic E-state index is -0.802. The number of imide groups is 2. The van der Waals surface area contributed by atoms with Gasteiger partial charge in [0.15, 0.2) is 11.5 Å². The maximum atomic E-state index is 13.4. The van der Waals surface area contributed by atoms with Gasteiger partial charge in [0.05, 0.1) is 17.8 Å². The van der Waals surface area contributed by atoms with Crippen LogP contribution in [0.3, 0.4) is 0 Å². The zero-order valence-corrected chi connectivity index (χ0v) is 22.3. The molecule has 0 aromatic heterocycles. The number of carbonyl (C=O) groups is 3. The van der Waals surface area contributed by atoms with Gasteiger partial charge in [0.2, 0.25) is 0 Å². The first-order valence-corrected chi connectivity index (χ1v) is 12.6. The summed E-state index contributed by atoms with van der Waals surface area (Å²) < 4.78 is 11.6. The molecule has 0 aliphatic carbocycles. The van der Waals surface area contributed by atoms with Crippen LogP contribution in [0.4, 0.5) is 10.5 Å². The third-order valence-electron chi connectivity index (χ3n) is 6.73. The Bertz CT molecular complexity index is 1670. The Labute approximate surface area is 230 Å². The normalized spacial score (nSPS) is 14.6. The summed E-state index contributed by atoms with van der Waals surface area (Å²) in [5.41, 5.74) is 3.28. The number of benzene rings is 4. The maximum Gasteiger partial charge on any atom is 0.335 e. The second-order valence-electron chi connectivity index (χ2n) is 9.14. The number of anilines is 1. The zero-order valence-electron chi connectivity index (χ0n) is 21.6. The summed E-state index contributed by atoms with van der Waals surface area (Å²) >= 11 is 6.59. The molecule has 196 valence electrons. The average Bonchev–Trinajstić information content (AvgIpc) is 2.92. The van der Waals surface area contributed by atoms with Crippen molar-refractivity contribution in [2.45, 2.75) is 20.5 Å². The van der Waals surface area contributed by atoms with Crippen molar-refractivity contribution in [3.05, 3.63) is 106 Å². The van der Waals surface area contributed by atoms with Gasteiger partial charge in [-0.05, 0) is 71.1 Å². The predicted molar refractivity (Wildman–Crippen MR) is 151 cm³/mol. The molecule has 7 nitrogen and oxygen atoms in total. The number of nitrogens with zero attached hydrogens (tertiary/aromatic N) is 1. The zero-order chi connectivity index (χ0) is 27.7. The van der Waals surface area contributed by atoms with Crippen LogP contribution in [0, 0.1) is 13.8 Å². The molecule has 5 rings (SSSR count). The van der Waals surface area contributed by atoms with E-state index >= 15 is 0 Å². The Morgan fingerprint density at radius 2 is 1.69 bits per heavy atom. The summed E-state index contributed by atoms with van der Waals surface area (Å²) in [5.74, 6) is -0.858. The van der Waals surface area contributed by atoms with Crippen LogP contribution in [0.15, 0.2) is 78.4 Å². The van der Waals surface area contributed by atoms with E-state index in [0.29, 0.717) is 22.7 Å². The minimum absolute atomic E-state index is 0.210. The largest absolute Gasteiger partial charge is 0.493 e. The highest BCUT2D eigenvalue weighted by Crippen LogP contribution is 2.38. The van der Waals surface area contributed by atoms with Crippen LogP contribution in [0.5, 0.6) is 11.5 Å². The number of rotatable bonds is 6. The van der Waals surface area contributed by atoms with Crippen molar-refractivity contribution in [3.8, 4) is 11.5 Å². The summed E-state index contributed by atoms with van der Waals surface area (Å²) in [6, 6.07) is 21.7. The van der Waals surface area contributed by atoms with Gasteiger partial charge in [-0.25, -0.2) is 9.69 Å². The van der Waals surface area contributed by atoms with Crippen LogP contribution in [-0.4, -0.2) is 25.0 Å². The average molecular weight is 541 g/mol. The second-order valence-corrected chi connectivity index (χ2v) is 9.55. The first-order chi connectivity index (χ1) is 18.8. The van der Waals surface area contributed by atoms with E-state index in [0.717, 1.165) is 32.4 Å². The van der Waals surface area contributed by atoms with E-state index in [1.54, 1.807) is 24.3 Å². The highest BCUT2D eigenvalue weighted by Gasteiger charge is 2.37. The molecular formula is C31H25ClN2O5. The molecule has 1 fully saturated rings. The van der Waals surface area contributed by atoms with Crippen LogP contribution in [0.25, 0.3) is 16.8 Å². The smallest absolute Gasteiger partial charge is 0.335 e. The van der Waals surface area contributed by atoms with Gasteiger partial charge in [0, 0.05) is 0 Å². The number of amides is 4. The summed E-state index contributed by atoms with van der Waals surface area (Å²) in [5, 5.41) is 4.67. The van der Waals surface area contributed by atoms with E-state index in [4.69, 9.17) is 21.1 Å². The number of carbonyl (C=O) groups excluding carboxylic acids is 3. The Kier molecular flexibility index (Phi) is 7.09. The summed E-state index contributed by atoms with van der Waals surface area (Å²) in [6.45, 7) is 3.95. The van der Waals surface area contributed by atoms with Crippen molar-refractivity contribution in [1.29, 1.82) is 0 Å². The van der Waals surface area contributed by atoms with E-state index in [1.807, 2.05) is 62.4 Å². The van der Waals surface area contributed by atoms with Gasteiger partial charge in [-0.3, -0.25) is 14.9 Å². The summed E-state index contributed by atoms with van der Waals surface area (Å²) in [6.07, 6.45) is 1.38. The molecule has 0 spiro atoms. The van der Waals surface area contributed by atoms with Crippen LogP contribution >= 0.6 is 11.6 Å². The lowest BCUT2D eigenvalue weighted by atomic mass is 10.0. The number of ether oxygens (including phenoxy) is 2. The van der Waals surface area contributed by atoms with Gasteiger partial charge >= 0.3 is 6.03 Å². The topological polar surface area (TPSA) is 84.9 Å². The van der Waals surface area contributed by atoms with Crippen molar-refractivity contribution in [2.75, 3.05) is 12.0 Å². The third kappa shape index (κ3) is 4.96. The van der Waals surface area contributed by atoms with E-state index in [1.165, 1.54) is 13.2 Å². The van der Waals surface area contributed by atoms with E-state index < -0.39 is 17.8 Å². The van der Waals surface area contributed by atoms with Gasteiger partial charge in [-0.15, -0.1) is 0 Å². The molecule has 39 heavy (non-hydrogen) atoms. The van der Waals surface area contributed by atoms with Gasteiger partial charge in [0.1, 0.15) is 12.2 Å². The number of barbiturate groups is 1.